The minimum absolute atomic E-state index is 0.0300. The number of amides is 2. The van der Waals surface area contributed by atoms with E-state index < -0.39 is 0 Å². The lowest BCUT2D eigenvalue weighted by Gasteiger charge is -2.61. The molecule has 1 aliphatic rings. The van der Waals surface area contributed by atoms with E-state index in [0.29, 0.717) is 12.3 Å². The third-order valence-electron chi connectivity index (χ3n) is 4.88. The van der Waals surface area contributed by atoms with E-state index in [2.05, 4.69) is 33.0 Å². The van der Waals surface area contributed by atoms with Crippen LogP contribution in [0.3, 0.4) is 0 Å². The van der Waals surface area contributed by atoms with Gasteiger partial charge in [-0.15, -0.1) is 0 Å². The zero-order valence-corrected chi connectivity index (χ0v) is 13.8. The predicted octanol–water partition coefficient (Wildman–Crippen LogP) is 2.39. The summed E-state index contributed by atoms with van der Waals surface area (Å²) in [5.74, 6) is 0.694. The molecule has 2 amide bonds. The van der Waals surface area contributed by atoms with Gasteiger partial charge in [0.25, 0.3) is 0 Å². The Kier molecular flexibility index (Phi) is 4.66. The molecule has 0 bridgehead atoms. The molecular weight excluding hydrogens is 280 g/mol. The number of carbonyl (C=O) groups is 1. The largest absolute Gasteiger partial charge is 0.491 e. The molecule has 1 aliphatic heterocycles. The fraction of sp³-hybridized carbons (Fsp3) is 0.588. The number of ether oxygens (including phenoxy) is 1. The zero-order valence-electron chi connectivity index (χ0n) is 13.8. The lowest BCUT2D eigenvalue weighted by molar-refractivity contribution is -0.0808. The molecule has 0 aliphatic carbocycles. The molecule has 5 nitrogen and oxygen atoms in total. The number of carbonyl (C=O) groups excluding carboxylic acids is 1. The van der Waals surface area contributed by atoms with Crippen LogP contribution in [-0.2, 0) is 6.54 Å². The topological polar surface area (TPSA) is 61.8 Å². The van der Waals surface area contributed by atoms with Crippen molar-refractivity contribution in [1.82, 2.24) is 10.2 Å². The van der Waals surface area contributed by atoms with Crippen LogP contribution >= 0.6 is 0 Å². The molecule has 2 N–H and O–H groups in total. The molecule has 122 valence electrons. The fourth-order valence-corrected chi connectivity index (χ4v) is 2.60. The van der Waals surface area contributed by atoms with Crippen molar-refractivity contribution >= 4 is 6.03 Å². The van der Waals surface area contributed by atoms with Crippen LogP contribution in [0.25, 0.3) is 0 Å². The van der Waals surface area contributed by atoms with E-state index in [9.17, 15) is 4.79 Å². The lowest BCUT2D eigenvalue weighted by atomic mass is 9.65. The van der Waals surface area contributed by atoms with Crippen molar-refractivity contribution in [2.45, 2.75) is 39.8 Å². The van der Waals surface area contributed by atoms with E-state index in [1.165, 1.54) is 0 Å². The van der Waals surface area contributed by atoms with E-state index in [-0.39, 0.29) is 30.2 Å². The second-order valence-corrected chi connectivity index (χ2v) is 6.87. The summed E-state index contributed by atoms with van der Waals surface area (Å²) < 4.78 is 5.48. The summed E-state index contributed by atoms with van der Waals surface area (Å²) in [5.41, 5.74) is 0.887. The number of nitrogens with zero attached hydrogens (tertiary/aromatic N) is 1. The Labute approximate surface area is 132 Å². The van der Waals surface area contributed by atoms with Crippen molar-refractivity contribution in [2.75, 3.05) is 19.8 Å². The summed E-state index contributed by atoms with van der Waals surface area (Å²) >= 11 is 0. The SMILES string of the molecule is CC1(C)CN(C(=O)NCc2ccccc2OCCO)C1(C)C. The quantitative estimate of drug-likeness (QED) is 0.878. The van der Waals surface area contributed by atoms with Gasteiger partial charge in [-0.1, -0.05) is 32.0 Å². The molecular formula is C17H26N2O3. The molecule has 0 aromatic heterocycles. The highest BCUT2D eigenvalue weighted by Crippen LogP contribution is 2.46. The molecule has 1 aromatic rings. The Morgan fingerprint density at radius 1 is 1.32 bits per heavy atom. The number of urea groups is 1. The van der Waals surface area contributed by atoms with Crippen LogP contribution in [0.2, 0.25) is 0 Å². The molecule has 5 heteroatoms. The maximum Gasteiger partial charge on any atom is 0.318 e. The van der Waals surface area contributed by atoms with Crippen LogP contribution in [0.15, 0.2) is 24.3 Å². The number of rotatable bonds is 5. The van der Waals surface area contributed by atoms with Crippen LogP contribution in [-0.4, -0.2) is 41.3 Å². The Bertz CT molecular complexity index is 540. The highest BCUT2D eigenvalue weighted by Gasteiger charge is 2.54. The Morgan fingerprint density at radius 3 is 2.59 bits per heavy atom. The Morgan fingerprint density at radius 2 is 2.00 bits per heavy atom. The molecule has 1 fully saturated rings. The first-order valence-electron chi connectivity index (χ1n) is 7.66. The van der Waals surface area contributed by atoms with Crippen LogP contribution in [0.1, 0.15) is 33.3 Å². The fourth-order valence-electron chi connectivity index (χ4n) is 2.60. The number of aliphatic hydroxyl groups excluding tert-OH is 1. The van der Waals surface area contributed by atoms with Crippen LogP contribution in [0, 0.1) is 5.41 Å². The maximum atomic E-state index is 12.4. The third kappa shape index (κ3) is 3.04. The smallest absolute Gasteiger partial charge is 0.318 e. The summed E-state index contributed by atoms with van der Waals surface area (Å²) in [7, 11) is 0. The summed E-state index contributed by atoms with van der Waals surface area (Å²) in [6, 6.07) is 7.48. The van der Waals surface area contributed by atoms with Crippen molar-refractivity contribution in [1.29, 1.82) is 0 Å². The molecule has 0 spiro atoms. The van der Waals surface area contributed by atoms with Gasteiger partial charge in [0.05, 0.1) is 6.61 Å². The predicted molar refractivity (Wildman–Crippen MR) is 85.8 cm³/mol. The van der Waals surface area contributed by atoms with Gasteiger partial charge in [-0.05, 0) is 19.9 Å². The van der Waals surface area contributed by atoms with Gasteiger partial charge in [0.1, 0.15) is 12.4 Å². The molecule has 22 heavy (non-hydrogen) atoms. The highest BCUT2D eigenvalue weighted by molar-refractivity contribution is 5.76. The van der Waals surface area contributed by atoms with Gasteiger partial charge in [-0.3, -0.25) is 0 Å². The minimum atomic E-state index is -0.149. The van der Waals surface area contributed by atoms with Gasteiger partial charge in [0.2, 0.25) is 0 Å². The molecule has 1 aromatic carbocycles. The van der Waals surface area contributed by atoms with Gasteiger partial charge < -0.3 is 20.1 Å². The standard InChI is InChI=1S/C17H26N2O3/c1-16(2)12-19(17(16,3)4)15(21)18-11-13-7-5-6-8-14(13)22-10-9-20/h5-8,20H,9-12H2,1-4H3,(H,18,21). The lowest BCUT2D eigenvalue weighted by Crippen LogP contribution is -2.72. The van der Waals surface area contributed by atoms with E-state index >= 15 is 0 Å². The minimum Gasteiger partial charge on any atom is -0.491 e. The summed E-state index contributed by atoms with van der Waals surface area (Å²) in [5, 5.41) is 11.8. The molecule has 0 unspecified atom stereocenters. The number of benzene rings is 1. The molecule has 0 saturated carbocycles. The van der Waals surface area contributed by atoms with Gasteiger partial charge >= 0.3 is 6.03 Å². The van der Waals surface area contributed by atoms with Crippen molar-refractivity contribution in [3.63, 3.8) is 0 Å². The molecule has 0 radical (unpaired) electrons. The van der Waals surface area contributed by atoms with Crippen molar-refractivity contribution < 1.29 is 14.6 Å². The summed E-state index contributed by atoms with van der Waals surface area (Å²) in [4.78, 5) is 14.2. The van der Waals surface area contributed by atoms with Gasteiger partial charge in [-0.2, -0.15) is 0 Å². The van der Waals surface area contributed by atoms with Gasteiger partial charge in [0.15, 0.2) is 0 Å². The first kappa shape index (κ1) is 16.6. The number of nitrogens with one attached hydrogen (secondary N) is 1. The average Bonchev–Trinajstić information content (AvgIpc) is 2.49. The highest BCUT2D eigenvalue weighted by atomic mass is 16.5. The third-order valence-corrected chi connectivity index (χ3v) is 4.88. The molecule has 2 rings (SSSR count). The van der Waals surface area contributed by atoms with Crippen LogP contribution < -0.4 is 10.1 Å². The van der Waals surface area contributed by atoms with Crippen molar-refractivity contribution in [3.8, 4) is 5.75 Å². The van der Waals surface area contributed by atoms with E-state index in [4.69, 9.17) is 9.84 Å². The van der Waals surface area contributed by atoms with Crippen LogP contribution in [0.4, 0.5) is 4.79 Å². The zero-order chi connectivity index (χ0) is 16.4. The van der Waals surface area contributed by atoms with Crippen LogP contribution in [0.5, 0.6) is 5.75 Å². The van der Waals surface area contributed by atoms with Gasteiger partial charge in [0, 0.05) is 29.6 Å². The van der Waals surface area contributed by atoms with E-state index in [1.807, 2.05) is 29.2 Å². The Balaban J connectivity index is 1.95. The molecule has 0 atom stereocenters. The number of aliphatic hydroxyl groups is 1. The number of likely N-dealkylation sites (tertiary alicyclic amines) is 1. The Hall–Kier alpha value is -1.75. The monoisotopic (exact) mass is 306 g/mol. The number of hydrogen-bond donors (Lipinski definition) is 2. The average molecular weight is 306 g/mol. The van der Waals surface area contributed by atoms with E-state index in [1.54, 1.807) is 0 Å². The second-order valence-electron chi connectivity index (χ2n) is 6.87. The molecule has 1 heterocycles. The summed E-state index contributed by atoms with van der Waals surface area (Å²) in [6.45, 7) is 9.92. The first-order valence-corrected chi connectivity index (χ1v) is 7.66. The normalized spacial score (nSPS) is 18.5. The number of hydrogen-bond acceptors (Lipinski definition) is 3. The molecule has 1 saturated heterocycles. The second kappa shape index (κ2) is 6.16. The van der Waals surface area contributed by atoms with Gasteiger partial charge in [-0.25, -0.2) is 4.79 Å². The maximum absolute atomic E-state index is 12.4. The van der Waals surface area contributed by atoms with Crippen molar-refractivity contribution in [2.24, 2.45) is 5.41 Å². The van der Waals surface area contributed by atoms with Crippen molar-refractivity contribution in [3.05, 3.63) is 29.8 Å². The summed E-state index contributed by atoms with van der Waals surface area (Å²) in [6.07, 6.45) is 0. The number of para-hydroxylation sites is 1. The van der Waals surface area contributed by atoms with E-state index in [0.717, 1.165) is 12.1 Å². The first-order chi connectivity index (χ1) is 10.3.